The van der Waals surface area contributed by atoms with Crippen LogP contribution in [0.2, 0.25) is 0 Å². The molecule has 2 bridgehead atoms. The summed E-state index contributed by atoms with van der Waals surface area (Å²) in [6.07, 6.45) is 3.26. The first-order valence-electron chi connectivity index (χ1n) is 5.96. The second-order valence-electron chi connectivity index (χ2n) is 4.81. The van der Waals surface area contributed by atoms with Crippen molar-refractivity contribution < 1.29 is 4.79 Å². The van der Waals surface area contributed by atoms with Crippen molar-refractivity contribution in [3.8, 4) is 0 Å². The van der Waals surface area contributed by atoms with E-state index in [4.69, 9.17) is 5.73 Å². The summed E-state index contributed by atoms with van der Waals surface area (Å²) in [6, 6.07) is 0. The number of nitrogens with two attached hydrogens (primary N) is 1. The molecule has 86 valence electrons. The SMILES string of the molecule is CCCNC1(C(N)=O)CN2CCC1CC2. The predicted molar refractivity (Wildman–Crippen MR) is 59.4 cm³/mol. The molecule has 1 unspecified atom stereocenters. The Bertz CT molecular complexity index is 248. The van der Waals surface area contributed by atoms with Gasteiger partial charge in [-0.1, -0.05) is 6.92 Å². The quantitative estimate of drug-likeness (QED) is 0.684. The van der Waals surface area contributed by atoms with Crippen LogP contribution in [0, 0.1) is 5.92 Å². The van der Waals surface area contributed by atoms with Crippen LogP contribution >= 0.6 is 0 Å². The number of primary amides is 1. The van der Waals surface area contributed by atoms with Gasteiger partial charge in [-0.3, -0.25) is 4.79 Å². The second-order valence-corrected chi connectivity index (χ2v) is 4.81. The fraction of sp³-hybridized carbons (Fsp3) is 0.909. The molecular formula is C11H21N3O. The van der Waals surface area contributed by atoms with E-state index in [0.29, 0.717) is 5.92 Å². The van der Waals surface area contributed by atoms with Crippen LogP contribution in [-0.2, 0) is 4.79 Å². The molecular weight excluding hydrogens is 190 g/mol. The van der Waals surface area contributed by atoms with Crippen molar-refractivity contribution in [1.82, 2.24) is 10.2 Å². The Morgan fingerprint density at radius 2 is 2.20 bits per heavy atom. The molecule has 0 radical (unpaired) electrons. The average Bonchev–Trinajstić information content (AvgIpc) is 2.27. The molecule has 15 heavy (non-hydrogen) atoms. The number of piperidine rings is 3. The number of nitrogens with zero attached hydrogens (tertiary/aromatic N) is 1. The van der Waals surface area contributed by atoms with Crippen LogP contribution in [0.3, 0.4) is 0 Å². The molecule has 0 aliphatic carbocycles. The zero-order chi connectivity index (χ0) is 10.9. The maximum absolute atomic E-state index is 11.7. The lowest BCUT2D eigenvalue weighted by Crippen LogP contribution is -2.71. The van der Waals surface area contributed by atoms with E-state index in [1.807, 2.05) is 0 Å². The molecule has 3 aliphatic rings. The normalized spacial score (nSPS) is 39.3. The Morgan fingerprint density at radius 3 is 2.60 bits per heavy atom. The zero-order valence-corrected chi connectivity index (χ0v) is 9.46. The number of nitrogens with one attached hydrogen (secondary N) is 1. The van der Waals surface area contributed by atoms with Crippen molar-refractivity contribution >= 4 is 5.91 Å². The Morgan fingerprint density at radius 1 is 1.53 bits per heavy atom. The largest absolute Gasteiger partial charge is 0.368 e. The van der Waals surface area contributed by atoms with Gasteiger partial charge in [0.15, 0.2) is 0 Å². The molecule has 0 spiro atoms. The fourth-order valence-electron chi connectivity index (χ4n) is 2.98. The van der Waals surface area contributed by atoms with Gasteiger partial charge in [0, 0.05) is 6.54 Å². The van der Waals surface area contributed by atoms with E-state index >= 15 is 0 Å². The number of hydrogen-bond donors (Lipinski definition) is 2. The van der Waals surface area contributed by atoms with Gasteiger partial charge in [-0.15, -0.1) is 0 Å². The number of rotatable bonds is 4. The predicted octanol–water partition coefficient (Wildman–Crippen LogP) is -0.0643. The van der Waals surface area contributed by atoms with Crippen molar-refractivity contribution in [2.45, 2.75) is 31.7 Å². The molecule has 0 aromatic carbocycles. The average molecular weight is 211 g/mol. The molecule has 3 heterocycles. The summed E-state index contributed by atoms with van der Waals surface area (Å²) in [5.74, 6) is 0.289. The van der Waals surface area contributed by atoms with Crippen molar-refractivity contribution in [2.75, 3.05) is 26.2 Å². The highest BCUT2D eigenvalue weighted by Crippen LogP contribution is 2.35. The van der Waals surface area contributed by atoms with Crippen LogP contribution in [-0.4, -0.2) is 42.5 Å². The molecule has 4 nitrogen and oxygen atoms in total. The van der Waals surface area contributed by atoms with Gasteiger partial charge < -0.3 is 16.0 Å². The fourth-order valence-corrected chi connectivity index (χ4v) is 2.98. The summed E-state index contributed by atoms with van der Waals surface area (Å²) in [7, 11) is 0. The zero-order valence-electron chi connectivity index (χ0n) is 9.46. The van der Waals surface area contributed by atoms with Crippen molar-refractivity contribution in [3.05, 3.63) is 0 Å². The van der Waals surface area contributed by atoms with Gasteiger partial charge in [0.2, 0.25) is 5.91 Å². The van der Waals surface area contributed by atoms with E-state index in [0.717, 1.165) is 45.4 Å². The maximum atomic E-state index is 11.7. The number of fused-ring (bicyclic) bond motifs is 3. The molecule has 0 aromatic rings. The minimum absolute atomic E-state index is 0.162. The third-order valence-corrected chi connectivity index (χ3v) is 3.89. The number of amides is 1. The van der Waals surface area contributed by atoms with Crippen LogP contribution in [0.1, 0.15) is 26.2 Å². The van der Waals surface area contributed by atoms with Crippen molar-refractivity contribution in [3.63, 3.8) is 0 Å². The topological polar surface area (TPSA) is 58.4 Å². The highest BCUT2D eigenvalue weighted by molar-refractivity contribution is 5.85. The van der Waals surface area contributed by atoms with Gasteiger partial charge in [0.1, 0.15) is 5.54 Å². The summed E-state index contributed by atoms with van der Waals surface area (Å²) < 4.78 is 0. The highest BCUT2D eigenvalue weighted by atomic mass is 16.1. The lowest BCUT2D eigenvalue weighted by molar-refractivity contribution is -0.133. The van der Waals surface area contributed by atoms with Crippen molar-refractivity contribution in [1.29, 1.82) is 0 Å². The van der Waals surface area contributed by atoms with Gasteiger partial charge in [-0.05, 0) is 44.8 Å². The monoisotopic (exact) mass is 211 g/mol. The summed E-state index contributed by atoms with van der Waals surface area (Å²) in [6.45, 7) is 6.07. The van der Waals surface area contributed by atoms with Gasteiger partial charge in [0.25, 0.3) is 0 Å². The van der Waals surface area contributed by atoms with Crippen LogP contribution in [0.4, 0.5) is 0 Å². The first-order chi connectivity index (χ1) is 7.19. The first-order valence-corrected chi connectivity index (χ1v) is 5.96. The molecule has 3 N–H and O–H groups in total. The van der Waals surface area contributed by atoms with E-state index in [2.05, 4.69) is 17.1 Å². The van der Waals surface area contributed by atoms with Crippen molar-refractivity contribution in [2.24, 2.45) is 11.7 Å². The van der Waals surface area contributed by atoms with Crippen LogP contribution in [0.15, 0.2) is 0 Å². The van der Waals surface area contributed by atoms with Gasteiger partial charge in [0.05, 0.1) is 0 Å². The number of carbonyl (C=O) groups is 1. The molecule has 1 amide bonds. The Balaban J connectivity index is 2.15. The molecule has 3 aliphatic heterocycles. The lowest BCUT2D eigenvalue weighted by atomic mass is 9.72. The summed E-state index contributed by atoms with van der Waals surface area (Å²) >= 11 is 0. The molecule has 3 saturated heterocycles. The van der Waals surface area contributed by atoms with E-state index in [1.54, 1.807) is 0 Å². The first kappa shape index (κ1) is 10.9. The molecule has 0 aromatic heterocycles. The lowest BCUT2D eigenvalue weighted by Gasteiger charge is -2.51. The minimum Gasteiger partial charge on any atom is -0.368 e. The van der Waals surface area contributed by atoms with Crippen LogP contribution < -0.4 is 11.1 Å². The van der Waals surface area contributed by atoms with E-state index < -0.39 is 5.54 Å². The van der Waals surface area contributed by atoms with E-state index in [9.17, 15) is 4.79 Å². The minimum atomic E-state index is -0.438. The van der Waals surface area contributed by atoms with E-state index in [-0.39, 0.29) is 5.91 Å². The Labute approximate surface area is 91.2 Å². The standard InChI is InChI=1S/C11H21N3O/c1-2-5-13-11(10(12)15)8-14-6-3-9(11)4-7-14/h9,13H,2-8H2,1H3,(H2,12,15). The third kappa shape index (κ3) is 1.76. The van der Waals surface area contributed by atoms with Gasteiger partial charge in [-0.25, -0.2) is 0 Å². The number of hydrogen-bond acceptors (Lipinski definition) is 3. The highest BCUT2D eigenvalue weighted by Gasteiger charge is 2.50. The third-order valence-electron chi connectivity index (χ3n) is 3.89. The second kappa shape index (κ2) is 4.10. The molecule has 3 fully saturated rings. The van der Waals surface area contributed by atoms with Crippen LogP contribution in [0.25, 0.3) is 0 Å². The maximum Gasteiger partial charge on any atom is 0.239 e. The van der Waals surface area contributed by atoms with Gasteiger partial charge >= 0.3 is 0 Å². The van der Waals surface area contributed by atoms with Gasteiger partial charge in [-0.2, -0.15) is 0 Å². The Hall–Kier alpha value is -0.610. The van der Waals surface area contributed by atoms with E-state index in [1.165, 1.54) is 0 Å². The number of carbonyl (C=O) groups excluding carboxylic acids is 1. The smallest absolute Gasteiger partial charge is 0.239 e. The molecule has 0 saturated carbocycles. The molecule has 4 heteroatoms. The molecule has 3 rings (SSSR count). The Kier molecular flexibility index (Phi) is 2.98. The summed E-state index contributed by atoms with van der Waals surface area (Å²) in [4.78, 5) is 14.1. The van der Waals surface area contributed by atoms with Crippen LogP contribution in [0.5, 0.6) is 0 Å². The molecule has 1 atom stereocenters. The summed E-state index contributed by atoms with van der Waals surface area (Å²) in [5, 5.41) is 3.40. The summed E-state index contributed by atoms with van der Waals surface area (Å²) in [5.41, 5.74) is 5.16.